The molecule has 0 atom stereocenters. The first-order valence-electron chi connectivity index (χ1n) is 6.36. The first-order valence-corrected chi connectivity index (χ1v) is 6.36. The van der Waals surface area contributed by atoms with E-state index in [1.807, 2.05) is 0 Å². The van der Waals surface area contributed by atoms with E-state index < -0.39 is 0 Å². The lowest BCUT2D eigenvalue weighted by atomic mass is 10.3. The Morgan fingerprint density at radius 2 is 1.31 bits per heavy atom. The highest BCUT2D eigenvalue weighted by Gasteiger charge is 2.19. The summed E-state index contributed by atoms with van der Waals surface area (Å²) in [5, 5.41) is 8.50. The standard InChI is InChI=1S/C12H28NO3/c1-4-13(5-2,6-3)7-9-15-11-12-16-10-8-14/h14H,4-12H2,1-3H3/q+1. The molecule has 0 bridgehead atoms. The van der Waals surface area contributed by atoms with E-state index >= 15 is 0 Å². The molecule has 4 heteroatoms. The van der Waals surface area contributed by atoms with Gasteiger partial charge < -0.3 is 19.1 Å². The Morgan fingerprint density at radius 3 is 1.75 bits per heavy atom. The second-order valence-electron chi connectivity index (χ2n) is 3.96. The lowest BCUT2D eigenvalue weighted by molar-refractivity contribution is -0.923. The number of likely N-dealkylation sites (N-methyl/N-ethyl adjacent to an activating group) is 1. The highest BCUT2D eigenvalue weighted by molar-refractivity contribution is 4.39. The van der Waals surface area contributed by atoms with Crippen molar-refractivity contribution in [3.63, 3.8) is 0 Å². The van der Waals surface area contributed by atoms with Crippen molar-refractivity contribution in [3.8, 4) is 0 Å². The Labute approximate surface area is 99.7 Å². The molecule has 0 unspecified atom stereocenters. The highest BCUT2D eigenvalue weighted by atomic mass is 16.5. The van der Waals surface area contributed by atoms with Gasteiger partial charge in [-0.1, -0.05) is 0 Å². The molecule has 0 aromatic carbocycles. The lowest BCUT2D eigenvalue weighted by Crippen LogP contribution is -2.49. The molecule has 16 heavy (non-hydrogen) atoms. The molecule has 0 aliphatic rings. The molecule has 0 spiro atoms. The minimum absolute atomic E-state index is 0.0848. The maximum atomic E-state index is 8.50. The quantitative estimate of drug-likeness (QED) is 0.426. The van der Waals surface area contributed by atoms with Gasteiger partial charge in [-0.15, -0.1) is 0 Å². The van der Waals surface area contributed by atoms with Crippen LogP contribution in [0.5, 0.6) is 0 Å². The molecule has 0 aromatic rings. The van der Waals surface area contributed by atoms with Gasteiger partial charge in [0.25, 0.3) is 0 Å². The van der Waals surface area contributed by atoms with Gasteiger partial charge in [-0.05, 0) is 20.8 Å². The summed E-state index contributed by atoms with van der Waals surface area (Å²) in [5.41, 5.74) is 0. The van der Waals surface area contributed by atoms with E-state index in [0.717, 1.165) is 37.3 Å². The molecule has 0 heterocycles. The summed E-state index contributed by atoms with van der Waals surface area (Å²) in [4.78, 5) is 0. The Kier molecular flexibility index (Phi) is 9.92. The maximum Gasteiger partial charge on any atom is 0.102 e. The van der Waals surface area contributed by atoms with E-state index in [-0.39, 0.29) is 6.61 Å². The van der Waals surface area contributed by atoms with Crippen LogP contribution in [-0.2, 0) is 9.47 Å². The number of rotatable bonds is 11. The second-order valence-corrected chi connectivity index (χ2v) is 3.96. The SMILES string of the molecule is CC[N+](CC)(CC)CCOCCOCCO. The molecular formula is C12H28NO3+. The minimum atomic E-state index is 0.0848. The molecule has 0 saturated carbocycles. The molecule has 0 fully saturated rings. The van der Waals surface area contributed by atoms with Crippen LogP contribution in [0.3, 0.4) is 0 Å². The molecule has 0 rings (SSSR count). The van der Waals surface area contributed by atoms with Gasteiger partial charge in [0.15, 0.2) is 0 Å². The van der Waals surface area contributed by atoms with Gasteiger partial charge in [0, 0.05) is 0 Å². The fourth-order valence-electron chi connectivity index (χ4n) is 1.79. The van der Waals surface area contributed by atoms with Gasteiger partial charge in [-0.2, -0.15) is 0 Å². The van der Waals surface area contributed by atoms with Crippen LogP contribution in [0.4, 0.5) is 0 Å². The Balaban J connectivity index is 3.48. The average Bonchev–Trinajstić information content (AvgIpc) is 2.34. The van der Waals surface area contributed by atoms with Crippen molar-refractivity contribution in [1.82, 2.24) is 0 Å². The van der Waals surface area contributed by atoms with Crippen LogP contribution in [0.2, 0.25) is 0 Å². The maximum absolute atomic E-state index is 8.50. The van der Waals surface area contributed by atoms with Crippen LogP contribution in [0.1, 0.15) is 20.8 Å². The van der Waals surface area contributed by atoms with E-state index in [1.54, 1.807) is 0 Å². The van der Waals surface area contributed by atoms with Crippen molar-refractivity contribution in [2.75, 3.05) is 59.2 Å². The molecule has 0 aliphatic carbocycles. The second kappa shape index (κ2) is 10.0. The Hall–Kier alpha value is -0.160. The van der Waals surface area contributed by atoms with Gasteiger partial charge in [-0.25, -0.2) is 0 Å². The largest absolute Gasteiger partial charge is 0.394 e. The monoisotopic (exact) mass is 234 g/mol. The van der Waals surface area contributed by atoms with Gasteiger partial charge in [-0.3, -0.25) is 0 Å². The van der Waals surface area contributed by atoms with Gasteiger partial charge in [0.1, 0.15) is 6.54 Å². The van der Waals surface area contributed by atoms with Crippen LogP contribution in [0.25, 0.3) is 0 Å². The Bertz CT molecular complexity index is 141. The van der Waals surface area contributed by atoms with E-state index in [4.69, 9.17) is 14.6 Å². The van der Waals surface area contributed by atoms with Crippen molar-refractivity contribution in [1.29, 1.82) is 0 Å². The average molecular weight is 234 g/mol. The third-order valence-electron chi connectivity index (χ3n) is 3.33. The molecule has 0 amide bonds. The molecule has 0 saturated heterocycles. The number of ether oxygens (including phenoxy) is 2. The third-order valence-corrected chi connectivity index (χ3v) is 3.33. The van der Waals surface area contributed by atoms with Crippen molar-refractivity contribution in [2.45, 2.75) is 20.8 Å². The van der Waals surface area contributed by atoms with Crippen molar-refractivity contribution in [2.24, 2.45) is 0 Å². The predicted molar refractivity (Wildman–Crippen MR) is 65.5 cm³/mol. The normalized spacial score (nSPS) is 12.0. The van der Waals surface area contributed by atoms with E-state index in [2.05, 4.69) is 20.8 Å². The van der Waals surface area contributed by atoms with Crippen LogP contribution in [-0.4, -0.2) is 68.8 Å². The van der Waals surface area contributed by atoms with Crippen molar-refractivity contribution in [3.05, 3.63) is 0 Å². The van der Waals surface area contributed by atoms with E-state index in [1.165, 1.54) is 0 Å². The van der Waals surface area contributed by atoms with Crippen molar-refractivity contribution < 1.29 is 19.1 Å². The number of nitrogens with zero attached hydrogens (tertiary/aromatic N) is 1. The number of aliphatic hydroxyl groups is 1. The molecule has 0 radical (unpaired) electrons. The first-order chi connectivity index (χ1) is 7.74. The van der Waals surface area contributed by atoms with Crippen LogP contribution in [0, 0.1) is 0 Å². The number of quaternary nitrogens is 1. The number of hydrogen-bond donors (Lipinski definition) is 1. The Morgan fingerprint density at radius 1 is 0.812 bits per heavy atom. The minimum Gasteiger partial charge on any atom is -0.394 e. The first kappa shape index (κ1) is 15.8. The van der Waals surface area contributed by atoms with E-state index in [0.29, 0.717) is 19.8 Å². The number of hydrogen-bond acceptors (Lipinski definition) is 3. The van der Waals surface area contributed by atoms with Gasteiger partial charge in [0.2, 0.25) is 0 Å². The summed E-state index contributed by atoms with van der Waals surface area (Å²) in [6.07, 6.45) is 0. The smallest absolute Gasteiger partial charge is 0.102 e. The molecule has 1 N–H and O–H groups in total. The molecule has 0 aromatic heterocycles. The van der Waals surface area contributed by atoms with Crippen LogP contribution < -0.4 is 0 Å². The van der Waals surface area contributed by atoms with Crippen molar-refractivity contribution >= 4 is 0 Å². The lowest BCUT2D eigenvalue weighted by Gasteiger charge is -2.35. The highest BCUT2D eigenvalue weighted by Crippen LogP contribution is 2.04. The summed E-state index contributed by atoms with van der Waals surface area (Å²) in [5.74, 6) is 0. The summed E-state index contributed by atoms with van der Waals surface area (Å²) in [6.45, 7) is 13.7. The topological polar surface area (TPSA) is 38.7 Å². The predicted octanol–water partition coefficient (Wildman–Crippen LogP) is 0.888. The van der Waals surface area contributed by atoms with Crippen LogP contribution in [0.15, 0.2) is 0 Å². The molecule has 98 valence electrons. The number of aliphatic hydroxyl groups excluding tert-OH is 1. The zero-order valence-corrected chi connectivity index (χ0v) is 11.1. The third kappa shape index (κ3) is 6.43. The molecular weight excluding hydrogens is 206 g/mol. The van der Waals surface area contributed by atoms with E-state index in [9.17, 15) is 0 Å². The molecule has 4 nitrogen and oxygen atoms in total. The summed E-state index contributed by atoms with van der Waals surface area (Å²) in [7, 11) is 0. The van der Waals surface area contributed by atoms with Gasteiger partial charge in [0.05, 0.1) is 52.7 Å². The summed E-state index contributed by atoms with van der Waals surface area (Å²) in [6, 6.07) is 0. The fourth-order valence-corrected chi connectivity index (χ4v) is 1.79. The zero-order chi connectivity index (χ0) is 12.3. The summed E-state index contributed by atoms with van der Waals surface area (Å²) >= 11 is 0. The van der Waals surface area contributed by atoms with Gasteiger partial charge >= 0.3 is 0 Å². The zero-order valence-electron chi connectivity index (χ0n) is 11.1. The summed E-state index contributed by atoms with van der Waals surface area (Å²) < 4.78 is 11.8. The van der Waals surface area contributed by atoms with Crippen LogP contribution >= 0.6 is 0 Å². The fraction of sp³-hybridized carbons (Fsp3) is 1.00. The molecule has 0 aliphatic heterocycles.